The monoisotopic (exact) mass is 287 g/mol. The number of benzene rings is 2. The van der Waals surface area contributed by atoms with Gasteiger partial charge in [0.1, 0.15) is 11.2 Å². The van der Waals surface area contributed by atoms with Gasteiger partial charge in [-0.15, -0.1) is 0 Å². The van der Waals surface area contributed by atoms with Gasteiger partial charge in [0.05, 0.1) is 0 Å². The van der Waals surface area contributed by atoms with Crippen molar-refractivity contribution >= 4 is 44.1 Å². The molecule has 2 aromatic carbocycles. The second-order valence-corrected chi connectivity index (χ2v) is 5.90. The Morgan fingerprint density at radius 1 is 0.636 bits per heavy atom. The van der Waals surface area contributed by atoms with Crippen molar-refractivity contribution in [2.45, 2.75) is 13.8 Å². The van der Waals surface area contributed by atoms with Crippen LogP contribution in [0.4, 0.5) is 0 Å². The van der Waals surface area contributed by atoms with Gasteiger partial charge < -0.3 is 8.83 Å². The average molecular weight is 287 g/mol. The first-order valence-electron chi connectivity index (χ1n) is 7.32. The highest BCUT2D eigenvalue weighted by molar-refractivity contribution is 6.12. The van der Waals surface area contributed by atoms with Gasteiger partial charge in [0, 0.05) is 21.5 Å². The lowest BCUT2D eigenvalue weighted by Crippen LogP contribution is -1.75. The number of pyridine rings is 1. The SMILES string of the molecule is Cc1ccc2oc3nc4oc5ccc(C)cc5c4cc3c2c1. The van der Waals surface area contributed by atoms with E-state index in [1.807, 2.05) is 24.3 Å². The molecular formula is C19H13NO2. The van der Waals surface area contributed by atoms with Gasteiger partial charge >= 0.3 is 0 Å². The molecule has 0 spiro atoms. The van der Waals surface area contributed by atoms with E-state index < -0.39 is 0 Å². The fourth-order valence-electron chi connectivity index (χ4n) is 3.12. The van der Waals surface area contributed by atoms with Crippen LogP contribution < -0.4 is 0 Å². The molecule has 3 aromatic heterocycles. The maximum absolute atomic E-state index is 5.86. The van der Waals surface area contributed by atoms with Crippen LogP contribution in [0.2, 0.25) is 0 Å². The quantitative estimate of drug-likeness (QED) is 0.377. The first kappa shape index (κ1) is 11.8. The fraction of sp³-hybridized carbons (Fsp3) is 0.105. The van der Waals surface area contributed by atoms with Crippen LogP contribution in [0, 0.1) is 13.8 Å². The van der Waals surface area contributed by atoms with E-state index in [1.165, 1.54) is 11.1 Å². The highest BCUT2D eigenvalue weighted by Gasteiger charge is 2.14. The Labute approximate surface area is 126 Å². The highest BCUT2D eigenvalue weighted by atomic mass is 16.4. The van der Waals surface area contributed by atoms with Crippen molar-refractivity contribution in [2.75, 3.05) is 0 Å². The Balaban J connectivity index is 2.00. The van der Waals surface area contributed by atoms with Crippen LogP contribution in [-0.2, 0) is 0 Å². The van der Waals surface area contributed by atoms with Gasteiger partial charge in [0.25, 0.3) is 0 Å². The Morgan fingerprint density at radius 2 is 1.14 bits per heavy atom. The molecule has 3 nitrogen and oxygen atoms in total. The zero-order valence-electron chi connectivity index (χ0n) is 12.3. The van der Waals surface area contributed by atoms with Crippen molar-refractivity contribution in [1.29, 1.82) is 0 Å². The highest BCUT2D eigenvalue weighted by Crippen LogP contribution is 2.35. The third kappa shape index (κ3) is 1.48. The van der Waals surface area contributed by atoms with Crippen molar-refractivity contribution in [3.05, 3.63) is 53.6 Å². The fourth-order valence-corrected chi connectivity index (χ4v) is 3.12. The normalized spacial score (nSPS) is 12.1. The summed E-state index contributed by atoms with van der Waals surface area (Å²) in [4.78, 5) is 4.58. The van der Waals surface area contributed by atoms with Gasteiger partial charge in [-0.25, -0.2) is 0 Å². The summed E-state index contributed by atoms with van der Waals surface area (Å²) in [6.45, 7) is 4.17. The van der Waals surface area contributed by atoms with Crippen LogP contribution in [0.5, 0.6) is 0 Å². The van der Waals surface area contributed by atoms with Crippen molar-refractivity contribution in [1.82, 2.24) is 4.98 Å². The summed E-state index contributed by atoms with van der Waals surface area (Å²) in [6, 6.07) is 14.5. The molecular weight excluding hydrogens is 274 g/mol. The van der Waals surface area contributed by atoms with E-state index in [0.29, 0.717) is 11.4 Å². The number of rotatable bonds is 0. The molecule has 106 valence electrons. The maximum Gasteiger partial charge on any atom is 0.230 e. The van der Waals surface area contributed by atoms with Crippen molar-refractivity contribution < 1.29 is 8.83 Å². The van der Waals surface area contributed by atoms with E-state index >= 15 is 0 Å². The molecule has 0 aliphatic carbocycles. The molecule has 0 unspecified atom stereocenters. The Morgan fingerprint density at radius 3 is 1.64 bits per heavy atom. The largest absolute Gasteiger partial charge is 0.438 e. The minimum absolute atomic E-state index is 0.629. The Hall–Kier alpha value is -2.81. The third-order valence-electron chi connectivity index (χ3n) is 4.22. The summed E-state index contributed by atoms with van der Waals surface area (Å²) in [5.74, 6) is 0. The first-order chi connectivity index (χ1) is 10.7. The molecule has 3 heterocycles. The van der Waals surface area contributed by atoms with Gasteiger partial charge in [-0.2, -0.15) is 4.98 Å². The lowest BCUT2D eigenvalue weighted by molar-refractivity contribution is 0.631. The molecule has 0 saturated carbocycles. The summed E-state index contributed by atoms with van der Waals surface area (Å²) in [5.41, 5.74) is 5.40. The summed E-state index contributed by atoms with van der Waals surface area (Å²) >= 11 is 0. The minimum Gasteiger partial charge on any atom is -0.438 e. The third-order valence-corrected chi connectivity index (χ3v) is 4.22. The maximum atomic E-state index is 5.86. The molecule has 5 rings (SSSR count). The molecule has 0 amide bonds. The van der Waals surface area contributed by atoms with E-state index in [4.69, 9.17) is 8.83 Å². The smallest absolute Gasteiger partial charge is 0.230 e. The lowest BCUT2D eigenvalue weighted by atomic mass is 10.1. The van der Waals surface area contributed by atoms with E-state index in [1.54, 1.807) is 0 Å². The molecule has 22 heavy (non-hydrogen) atoms. The number of aromatic nitrogens is 1. The minimum atomic E-state index is 0.629. The van der Waals surface area contributed by atoms with Gasteiger partial charge in [-0.1, -0.05) is 23.3 Å². The zero-order valence-corrected chi connectivity index (χ0v) is 12.3. The number of furan rings is 2. The molecule has 0 bridgehead atoms. The first-order valence-corrected chi connectivity index (χ1v) is 7.32. The van der Waals surface area contributed by atoms with Crippen LogP contribution >= 0.6 is 0 Å². The Kier molecular flexibility index (Phi) is 2.09. The van der Waals surface area contributed by atoms with Crippen LogP contribution in [0.15, 0.2) is 51.3 Å². The van der Waals surface area contributed by atoms with E-state index in [9.17, 15) is 0 Å². The molecule has 0 aliphatic heterocycles. The molecule has 0 atom stereocenters. The zero-order chi connectivity index (χ0) is 14.8. The summed E-state index contributed by atoms with van der Waals surface area (Å²) in [5, 5.41) is 4.28. The predicted octanol–water partition coefficient (Wildman–Crippen LogP) is 5.50. The van der Waals surface area contributed by atoms with Crippen molar-refractivity contribution in [2.24, 2.45) is 0 Å². The molecule has 5 aromatic rings. The Bertz CT molecular complexity index is 1100. The van der Waals surface area contributed by atoms with Gasteiger partial charge in [0.2, 0.25) is 11.4 Å². The summed E-state index contributed by atoms with van der Waals surface area (Å²) < 4.78 is 11.7. The molecule has 0 fully saturated rings. The molecule has 0 radical (unpaired) electrons. The second-order valence-electron chi connectivity index (χ2n) is 5.90. The standard InChI is InChI=1S/C19H13NO2/c1-10-3-5-16-12(7-10)14-9-15-13-8-11(2)4-6-17(13)22-19(15)20-18(14)21-16/h3-9H,1-2H3. The number of hydrogen-bond donors (Lipinski definition) is 0. The van der Waals surface area contributed by atoms with Gasteiger partial charge in [-0.3, -0.25) is 0 Å². The number of nitrogens with zero attached hydrogens (tertiary/aromatic N) is 1. The predicted molar refractivity (Wildman–Crippen MR) is 88.3 cm³/mol. The van der Waals surface area contributed by atoms with Gasteiger partial charge in [-0.05, 0) is 44.2 Å². The van der Waals surface area contributed by atoms with E-state index in [-0.39, 0.29) is 0 Å². The average Bonchev–Trinajstić information content (AvgIpc) is 3.02. The molecule has 0 saturated heterocycles. The van der Waals surface area contributed by atoms with Crippen LogP contribution in [-0.4, -0.2) is 4.98 Å². The van der Waals surface area contributed by atoms with E-state index in [0.717, 1.165) is 32.7 Å². The number of hydrogen-bond acceptors (Lipinski definition) is 3. The van der Waals surface area contributed by atoms with Crippen LogP contribution in [0.25, 0.3) is 44.1 Å². The molecule has 3 heteroatoms. The number of fused-ring (bicyclic) bond motifs is 6. The molecule has 0 aliphatic rings. The number of aryl methyl sites for hydroxylation is 2. The van der Waals surface area contributed by atoms with Crippen LogP contribution in [0.3, 0.4) is 0 Å². The van der Waals surface area contributed by atoms with Gasteiger partial charge in [0.15, 0.2) is 0 Å². The topological polar surface area (TPSA) is 39.2 Å². The summed E-state index contributed by atoms with van der Waals surface area (Å²) in [7, 11) is 0. The van der Waals surface area contributed by atoms with E-state index in [2.05, 4.69) is 37.0 Å². The van der Waals surface area contributed by atoms with Crippen molar-refractivity contribution in [3.8, 4) is 0 Å². The molecule has 0 N–H and O–H groups in total. The van der Waals surface area contributed by atoms with Crippen molar-refractivity contribution in [3.63, 3.8) is 0 Å². The lowest BCUT2D eigenvalue weighted by Gasteiger charge is -1.93. The summed E-state index contributed by atoms with van der Waals surface area (Å²) in [6.07, 6.45) is 0. The second kappa shape index (κ2) is 3.89. The van der Waals surface area contributed by atoms with Crippen LogP contribution in [0.1, 0.15) is 11.1 Å².